The lowest BCUT2D eigenvalue weighted by Gasteiger charge is -2.28. The number of carbonyl (C=O) groups is 1. The zero-order valence-electron chi connectivity index (χ0n) is 12.8. The van der Waals surface area contributed by atoms with Gasteiger partial charge in [0.2, 0.25) is 0 Å². The number of carbonyl (C=O) groups excluding carboxylic acids is 1. The minimum atomic E-state index is -0.183. The molecule has 1 aliphatic carbocycles. The highest BCUT2D eigenvalue weighted by atomic mass is 16.3. The molecule has 0 aliphatic heterocycles. The largest absolute Gasteiger partial charge is 0.511 e. The number of nitrogens with one attached hydrogen (secondary N) is 1. The zero-order chi connectivity index (χ0) is 15.7. The number of aliphatic hydroxyl groups excluding tert-OH is 1. The van der Waals surface area contributed by atoms with Gasteiger partial charge in [-0.3, -0.25) is 9.79 Å². The Kier molecular flexibility index (Phi) is 3.56. The molecule has 2 aromatic rings. The van der Waals surface area contributed by atoms with Gasteiger partial charge in [-0.1, -0.05) is 26.0 Å². The fourth-order valence-electron chi connectivity index (χ4n) is 2.75. The predicted molar refractivity (Wildman–Crippen MR) is 86.0 cm³/mol. The van der Waals surface area contributed by atoms with E-state index < -0.39 is 0 Å². The van der Waals surface area contributed by atoms with E-state index in [-0.39, 0.29) is 17.0 Å². The van der Waals surface area contributed by atoms with Crippen molar-refractivity contribution in [3.05, 3.63) is 41.4 Å². The molecular weight excluding hydrogens is 278 g/mol. The molecule has 0 bridgehead atoms. The van der Waals surface area contributed by atoms with E-state index >= 15 is 0 Å². The number of nitrogens with zero attached hydrogens (tertiary/aromatic N) is 2. The van der Waals surface area contributed by atoms with Gasteiger partial charge in [0.1, 0.15) is 11.6 Å². The monoisotopic (exact) mass is 297 g/mol. The lowest BCUT2D eigenvalue weighted by atomic mass is 9.77. The lowest BCUT2D eigenvalue weighted by molar-refractivity contribution is -0.117. The lowest BCUT2D eigenvalue weighted by Crippen LogP contribution is -2.26. The summed E-state index contributed by atoms with van der Waals surface area (Å²) < 4.78 is 0. The molecule has 2 N–H and O–H groups in total. The van der Waals surface area contributed by atoms with E-state index in [2.05, 4.69) is 15.0 Å². The highest BCUT2D eigenvalue weighted by Gasteiger charge is 2.32. The van der Waals surface area contributed by atoms with Crippen LogP contribution >= 0.6 is 0 Å². The van der Waals surface area contributed by atoms with Crippen molar-refractivity contribution in [1.82, 2.24) is 9.97 Å². The van der Waals surface area contributed by atoms with Gasteiger partial charge in [0.15, 0.2) is 5.78 Å². The number of para-hydroxylation sites is 2. The van der Waals surface area contributed by atoms with Gasteiger partial charge in [0.25, 0.3) is 0 Å². The summed E-state index contributed by atoms with van der Waals surface area (Å²) in [6.45, 7) is 4.30. The second-order valence-corrected chi connectivity index (χ2v) is 6.47. The van der Waals surface area contributed by atoms with Gasteiger partial charge < -0.3 is 10.1 Å². The smallest absolute Gasteiger partial charge is 0.168 e. The number of benzene rings is 1. The van der Waals surface area contributed by atoms with E-state index in [0.29, 0.717) is 25.0 Å². The third kappa shape index (κ3) is 2.93. The third-order valence-electron chi connectivity index (χ3n) is 3.80. The SMILES string of the molecule is CC1(C)CC(=O)C(C=NCc2nc3ccccc3[nH]2)=C(O)C1. The number of Topliss-reactive ketones (excluding diaryl/α,β-unsaturated/α-hetero) is 1. The topological polar surface area (TPSA) is 78.3 Å². The van der Waals surface area contributed by atoms with Crippen LogP contribution < -0.4 is 0 Å². The van der Waals surface area contributed by atoms with E-state index in [1.54, 1.807) is 0 Å². The van der Waals surface area contributed by atoms with Crippen LogP contribution in [0.15, 0.2) is 40.6 Å². The number of H-pyrrole nitrogens is 1. The minimum Gasteiger partial charge on any atom is -0.511 e. The Bertz CT molecular complexity index is 751. The van der Waals surface area contributed by atoms with Crippen molar-refractivity contribution in [2.75, 3.05) is 0 Å². The first kappa shape index (κ1) is 14.5. The van der Waals surface area contributed by atoms with Gasteiger partial charge >= 0.3 is 0 Å². The van der Waals surface area contributed by atoms with Crippen molar-refractivity contribution in [1.29, 1.82) is 0 Å². The van der Waals surface area contributed by atoms with Crippen LogP contribution in [0.1, 0.15) is 32.5 Å². The summed E-state index contributed by atoms with van der Waals surface area (Å²) >= 11 is 0. The molecule has 0 atom stereocenters. The fourth-order valence-corrected chi connectivity index (χ4v) is 2.75. The molecule has 1 aromatic heterocycles. The summed E-state index contributed by atoms with van der Waals surface area (Å²) in [5.74, 6) is 0.817. The Morgan fingerprint density at radius 1 is 1.36 bits per heavy atom. The van der Waals surface area contributed by atoms with Crippen LogP contribution in [-0.2, 0) is 11.3 Å². The number of hydrogen-bond donors (Lipinski definition) is 2. The molecule has 5 heteroatoms. The second-order valence-electron chi connectivity index (χ2n) is 6.47. The number of aromatic nitrogens is 2. The molecule has 0 spiro atoms. The first-order valence-corrected chi connectivity index (χ1v) is 7.33. The van der Waals surface area contributed by atoms with E-state index in [1.165, 1.54) is 6.21 Å². The second kappa shape index (κ2) is 5.40. The van der Waals surface area contributed by atoms with Gasteiger partial charge in [0.05, 0.1) is 23.2 Å². The van der Waals surface area contributed by atoms with Crippen LogP contribution in [0, 0.1) is 5.41 Å². The van der Waals surface area contributed by atoms with E-state index in [4.69, 9.17) is 0 Å². The molecule has 0 radical (unpaired) electrons. The van der Waals surface area contributed by atoms with Crippen molar-refractivity contribution in [2.24, 2.45) is 10.4 Å². The quantitative estimate of drug-likeness (QED) is 0.853. The maximum Gasteiger partial charge on any atom is 0.168 e. The van der Waals surface area contributed by atoms with Crippen LogP contribution in [0.25, 0.3) is 11.0 Å². The van der Waals surface area contributed by atoms with Gasteiger partial charge in [-0.2, -0.15) is 0 Å². The highest BCUT2D eigenvalue weighted by molar-refractivity contribution is 6.14. The number of aliphatic hydroxyl groups is 1. The Hall–Kier alpha value is -2.43. The van der Waals surface area contributed by atoms with E-state index in [0.717, 1.165) is 16.9 Å². The molecule has 1 aliphatic rings. The Morgan fingerprint density at radius 2 is 2.14 bits per heavy atom. The van der Waals surface area contributed by atoms with Crippen LogP contribution in [0.5, 0.6) is 0 Å². The molecule has 0 amide bonds. The van der Waals surface area contributed by atoms with E-state index in [1.807, 2.05) is 38.1 Å². The maximum atomic E-state index is 12.1. The number of imidazole rings is 1. The summed E-state index contributed by atoms with van der Waals surface area (Å²) in [5.41, 5.74) is 2.00. The number of allylic oxidation sites excluding steroid dienone is 2. The van der Waals surface area contributed by atoms with Crippen LogP contribution in [-0.4, -0.2) is 27.1 Å². The van der Waals surface area contributed by atoms with Crippen molar-refractivity contribution >= 4 is 23.0 Å². The average molecular weight is 297 g/mol. The van der Waals surface area contributed by atoms with Crippen molar-refractivity contribution in [3.8, 4) is 0 Å². The molecule has 1 aromatic carbocycles. The summed E-state index contributed by atoms with van der Waals surface area (Å²) in [6.07, 6.45) is 2.41. The fraction of sp³-hybridized carbons (Fsp3) is 0.353. The number of ketones is 1. The third-order valence-corrected chi connectivity index (χ3v) is 3.80. The molecule has 0 fully saturated rings. The summed E-state index contributed by atoms with van der Waals surface area (Å²) in [7, 11) is 0. The molecule has 0 unspecified atom stereocenters. The van der Waals surface area contributed by atoms with Crippen molar-refractivity contribution < 1.29 is 9.90 Å². The molecule has 0 saturated carbocycles. The van der Waals surface area contributed by atoms with Crippen LogP contribution in [0.3, 0.4) is 0 Å². The standard InChI is InChI=1S/C17H19N3O2/c1-17(2)7-14(21)11(15(22)8-17)9-18-10-16-19-12-5-3-4-6-13(12)20-16/h3-6,9,21H,7-8,10H2,1-2H3,(H,19,20). The zero-order valence-corrected chi connectivity index (χ0v) is 12.8. The van der Waals surface area contributed by atoms with Crippen LogP contribution in [0.2, 0.25) is 0 Å². The van der Waals surface area contributed by atoms with Crippen LogP contribution in [0.4, 0.5) is 0 Å². The van der Waals surface area contributed by atoms with Crippen molar-refractivity contribution in [2.45, 2.75) is 33.2 Å². The molecule has 0 saturated heterocycles. The van der Waals surface area contributed by atoms with Gasteiger partial charge in [-0.15, -0.1) is 0 Å². The number of rotatable bonds is 3. The van der Waals surface area contributed by atoms with Crippen molar-refractivity contribution in [3.63, 3.8) is 0 Å². The van der Waals surface area contributed by atoms with Gasteiger partial charge in [0, 0.05) is 19.1 Å². The Labute approximate surface area is 128 Å². The molecule has 5 nitrogen and oxygen atoms in total. The molecule has 22 heavy (non-hydrogen) atoms. The number of aromatic amines is 1. The Balaban J connectivity index is 1.75. The highest BCUT2D eigenvalue weighted by Crippen LogP contribution is 2.35. The molecule has 1 heterocycles. The first-order valence-electron chi connectivity index (χ1n) is 7.33. The summed E-state index contributed by atoms with van der Waals surface area (Å²) in [6, 6.07) is 7.76. The summed E-state index contributed by atoms with van der Waals surface area (Å²) in [4.78, 5) is 23.9. The molecule has 3 rings (SSSR count). The van der Waals surface area contributed by atoms with E-state index in [9.17, 15) is 9.90 Å². The average Bonchev–Trinajstić information content (AvgIpc) is 2.83. The number of aliphatic imine (C=N–C) groups is 1. The van der Waals surface area contributed by atoms with Gasteiger partial charge in [-0.25, -0.2) is 4.98 Å². The predicted octanol–water partition coefficient (Wildman–Crippen LogP) is 3.33. The first-order chi connectivity index (χ1) is 10.4. The molecule has 114 valence electrons. The number of hydrogen-bond acceptors (Lipinski definition) is 4. The summed E-state index contributed by atoms with van der Waals surface area (Å²) in [5, 5.41) is 10.0. The molecular formula is C17H19N3O2. The maximum absolute atomic E-state index is 12.1. The van der Waals surface area contributed by atoms with Gasteiger partial charge in [-0.05, 0) is 17.5 Å². The normalized spacial score (nSPS) is 18.5. The minimum absolute atomic E-state index is 0.0536. The number of fused-ring (bicyclic) bond motifs is 1. The Morgan fingerprint density at radius 3 is 2.86 bits per heavy atom.